The molecular formula is C16H21ClN2O3. The number of likely N-dealkylation sites (tertiary alicyclic amines) is 1. The van der Waals surface area contributed by atoms with E-state index in [9.17, 15) is 9.59 Å². The Hall–Kier alpha value is -1.59. The van der Waals surface area contributed by atoms with Crippen molar-refractivity contribution in [1.82, 2.24) is 4.90 Å². The van der Waals surface area contributed by atoms with E-state index in [1.54, 1.807) is 19.1 Å². The zero-order valence-corrected chi connectivity index (χ0v) is 13.4. The molecule has 1 saturated heterocycles. The molecule has 2 rings (SSSR count). The first-order valence-corrected chi connectivity index (χ1v) is 7.91. The molecule has 0 aliphatic carbocycles. The second kappa shape index (κ2) is 8.15. The van der Waals surface area contributed by atoms with Gasteiger partial charge >= 0.3 is 5.97 Å². The predicted molar refractivity (Wildman–Crippen MR) is 85.9 cm³/mol. The molecule has 1 N–H and O–H groups in total. The minimum absolute atomic E-state index is 0.127. The topological polar surface area (TPSA) is 58.6 Å². The summed E-state index contributed by atoms with van der Waals surface area (Å²) in [7, 11) is 0. The first kappa shape index (κ1) is 16.8. The summed E-state index contributed by atoms with van der Waals surface area (Å²) in [5, 5.41) is 3.31. The zero-order valence-electron chi connectivity index (χ0n) is 12.7. The van der Waals surface area contributed by atoms with Crippen LogP contribution in [0.4, 0.5) is 5.69 Å². The van der Waals surface area contributed by atoms with Crippen LogP contribution in [0, 0.1) is 5.92 Å². The average molecular weight is 325 g/mol. The number of piperidine rings is 1. The lowest BCUT2D eigenvalue weighted by molar-refractivity contribution is -0.150. The monoisotopic (exact) mass is 324 g/mol. The van der Waals surface area contributed by atoms with Crippen LogP contribution in [0.3, 0.4) is 0 Å². The van der Waals surface area contributed by atoms with Crippen molar-refractivity contribution in [2.45, 2.75) is 19.8 Å². The van der Waals surface area contributed by atoms with Gasteiger partial charge in [0.1, 0.15) is 0 Å². The largest absolute Gasteiger partial charge is 0.466 e. The summed E-state index contributed by atoms with van der Waals surface area (Å²) in [6, 6.07) is 7.12. The van der Waals surface area contributed by atoms with Gasteiger partial charge in [-0.3, -0.25) is 14.5 Å². The number of hydrogen-bond acceptors (Lipinski definition) is 4. The number of carbonyl (C=O) groups is 2. The van der Waals surface area contributed by atoms with Gasteiger partial charge in [-0.25, -0.2) is 0 Å². The quantitative estimate of drug-likeness (QED) is 0.846. The molecule has 1 amide bonds. The molecule has 0 radical (unpaired) electrons. The second-order valence-electron chi connectivity index (χ2n) is 5.35. The number of hydrogen-bond donors (Lipinski definition) is 1. The first-order chi connectivity index (χ1) is 10.6. The van der Waals surface area contributed by atoms with Crippen molar-refractivity contribution >= 4 is 29.2 Å². The number of anilines is 1. The Labute approximate surface area is 135 Å². The Bertz CT molecular complexity index is 536. The Kier molecular flexibility index (Phi) is 6.21. The molecule has 0 unspecified atom stereocenters. The van der Waals surface area contributed by atoms with E-state index in [-0.39, 0.29) is 24.3 Å². The molecule has 1 aliphatic rings. The highest BCUT2D eigenvalue weighted by Crippen LogP contribution is 2.21. The number of esters is 1. The number of benzene rings is 1. The fourth-order valence-corrected chi connectivity index (χ4v) is 2.79. The highest BCUT2D eigenvalue weighted by atomic mass is 35.5. The minimum Gasteiger partial charge on any atom is -0.466 e. The van der Waals surface area contributed by atoms with Gasteiger partial charge in [-0.1, -0.05) is 23.7 Å². The Morgan fingerprint density at radius 2 is 2.18 bits per heavy atom. The van der Waals surface area contributed by atoms with Crippen molar-refractivity contribution in [1.29, 1.82) is 0 Å². The molecule has 22 heavy (non-hydrogen) atoms. The van der Waals surface area contributed by atoms with Crippen molar-refractivity contribution in [3.63, 3.8) is 0 Å². The molecule has 1 atom stereocenters. The lowest BCUT2D eigenvalue weighted by Gasteiger charge is -2.30. The van der Waals surface area contributed by atoms with E-state index < -0.39 is 0 Å². The second-order valence-corrected chi connectivity index (χ2v) is 5.76. The summed E-state index contributed by atoms with van der Waals surface area (Å²) in [5.41, 5.74) is 0.605. The fraction of sp³-hybridized carbons (Fsp3) is 0.500. The molecule has 5 nitrogen and oxygen atoms in total. The maximum atomic E-state index is 12.1. The van der Waals surface area contributed by atoms with Crippen LogP contribution in [-0.2, 0) is 14.3 Å². The first-order valence-electron chi connectivity index (χ1n) is 7.53. The lowest BCUT2D eigenvalue weighted by atomic mass is 9.98. The van der Waals surface area contributed by atoms with E-state index in [4.69, 9.17) is 16.3 Å². The maximum absolute atomic E-state index is 12.1. The van der Waals surface area contributed by atoms with Crippen LogP contribution in [0.25, 0.3) is 0 Å². The van der Waals surface area contributed by atoms with Crippen LogP contribution in [0.2, 0.25) is 5.02 Å². The SMILES string of the molecule is CCOC(=O)[C@H]1CCCN(CC(=O)Nc2ccccc2Cl)C1. The Balaban J connectivity index is 1.86. The number of nitrogens with zero attached hydrogens (tertiary/aromatic N) is 1. The van der Waals surface area contributed by atoms with Crippen LogP contribution in [0.15, 0.2) is 24.3 Å². The summed E-state index contributed by atoms with van der Waals surface area (Å²) in [6.07, 6.45) is 1.71. The lowest BCUT2D eigenvalue weighted by Crippen LogP contribution is -2.43. The van der Waals surface area contributed by atoms with E-state index >= 15 is 0 Å². The summed E-state index contributed by atoms with van der Waals surface area (Å²) in [6.45, 7) is 3.82. The Morgan fingerprint density at radius 1 is 1.41 bits per heavy atom. The van der Waals surface area contributed by atoms with E-state index in [1.807, 2.05) is 17.0 Å². The van der Waals surface area contributed by atoms with Gasteiger partial charge in [0, 0.05) is 6.54 Å². The summed E-state index contributed by atoms with van der Waals surface area (Å²) >= 11 is 6.02. The molecule has 6 heteroatoms. The molecule has 0 saturated carbocycles. The zero-order chi connectivity index (χ0) is 15.9. The van der Waals surface area contributed by atoms with E-state index in [1.165, 1.54) is 0 Å². The standard InChI is InChI=1S/C16H21ClN2O3/c1-2-22-16(21)12-6-5-9-19(10-12)11-15(20)18-14-8-4-3-7-13(14)17/h3-4,7-8,12H,2,5-6,9-11H2,1H3,(H,18,20)/t12-/m0/s1. The Morgan fingerprint density at radius 3 is 2.91 bits per heavy atom. The van der Waals surface area contributed by atoms with Gasteiger partial charge in [-0.15, -0.1) is 0 Å². The van der Waals surface area contributed by atoms with E-state index in [2.05, 4.69) is 5.32 Å². The van der Waals surface area contributed by atoms with Crippen LogP contribution < -0.4 is 5.32 Å². The minimum atomic E-state index is -0.168. The predicted octanol–water partition coefficient (Wildman–Crippen LogP) is 2.55. The van der Waals surface area contributed by atoms with Crippen LogP contribution in [0.1, 0.15) is 19.8 Å². The molecule has 1 aromatic carbocycles. The van der Waals surface area contributed by atoms with Gasteiger partial charge < -0.3 is 10.1 Å². The number of nitrogens with one attached hydrogen (secondary N) is 1. The third-order valence-corrected chi connectivity index (χ3v) is 3.97. The summed E-state index contributed by atoms with van der Waals surface area (Å²) in [5.74, 6) is -0.432. The number of ether oxygens (including phenoxy) is 1. The van der Waals surface area contributed by atoms with Crippen LogP contribution >= 0.6 is 11.6 Å². The number of carbonyl (C=O) groups excluding carboxylic acids is 2. The van der Waals surface area contributed by atoms with Gasteiger partial charge in [0.25, 0.3) is 0 Å². The highest BCUT2D eigenvalue weighted by Gasteiger charge is 2.27. The van der Waals surface area contributed by atoms with Crippen molar-refractivity contribution in [3.05, 3.63) is 29.3 Å². The average Bonchev–Trinajstić information content (AvgIpc) is 2.50. The summed E-state index contributed by atoms with van der Waals surface area (Å²) in [4.78, 5) is 25.9. The molecular weight excluding hydrogens is 304 g/mol. The smallest absolute Gasteiger partial charge is 0.310 e. The molecule has 0 spiro atoms. The van der Waals surface area contributed by atoms with E-state index in [0.717, 1.165) is 19.4 Å². The van der Waals surface area contributed by atoms with Gasteiger partial charge in [0.05, 0.1) is 29.8 Å². The molecule has 0 aromatic heterocycles. The molecule has 1 heterocycles. The van der Waals surface area contributed by atoms with Gasteiger partial charge in [0.2, 0.25) is 5.91 Å². The molecule has 1 fully saturated rings. The van der Waals surface area contributed by atoms with Crippen LogP contribution in [0.5, 0.6) is 0 Å². The molecule has 1 aliphatic heterocycles. The number of para-hydroxylation sites is 1. The van der Waals surface area contributed by atoms with Gasteiger partial charge in [-0.2, -0.15) is 0 Å². The third-order valence-electron chi connectivity index (χ3n) is 3.64. The molecule has 120 valence electrons. The normalized spacial score (nSPS) is 18.7. The van der Waals surface area contributed by atoms with Gasteiger partial charge in [0.15, 0.2) is 0 Å². The number of halogens is 1. The van der Waals surface area contributed by atoms with Gasteiger partial charge in [-0.05, 0) is 38.4 Å². The fourth-order valence-electron chi connectivity index (χ4n) is 2.61. The van der Waals surface area contributed by atoms with Crippen molar-refractivity contribution < 1.29 is 14.3 Å². The van der Waals surface area contributed by atoms with Crippen molar-refractivity contribution in [2.75, 3.05) is 31.6 Å². The summed E-state index contributed by atoms with van der Waals surface area (Å²) < 4.78 is 5.06. The van der Waals surface area contributed by atoms with Crippen molar-refractivity contribution in [2.24, 2.45) is 5.92 Å². The molecule has 1 aromatic rings. The van der Waals surface area contributed by atoms with Crippen molar-refractivity contribution in [3.8, 4) is 0 Å². The van der Waals surface area contributed by atoms with E-state index in [0.29, 0.717) is 23.9 Å². The third kappa shape index (κ3) is 4.71. The number of amides is 1. The highest BCUT2D eigenvalue weighted by molar-refractivity contribution is 6.33. The number of rotatable bonds is 5. The maximum Gasteiger partial charge on any atom is 0.310 e. The van der Waals surface area contributed by atoms with Crippen LogP contribution in [-0.4, -0.2) is 43.0 Å². The molecule has 0 bridgehead atoms.